The van der Waals surface area contributed by atoms with Crippen LogP contribution in [0, 0.1) is 0 Å². The van der Waals surface area contributed by atoms with Gasteiger partial charge in [0.05, 0.1) is 0 Å². The van der Waals surface area contributed by atoms with Gasteiger partial charge in [-0.05, 0) is 26.8 Å². The molecular formula is C9H17NO2. The molecule has 12 heavy (non-hydrogen) atoms. The van der Waals surface area contributed by atoms with Crippen molar-refractivity contribution in [3.63, 3.8) is 0 Å². The van der Waals surface area contributed by atoms with Gasteiger partial charge in [-0.3, -0.25) is 9.69 Å². The average Bonchev–Trinajstić information content (AvgIpc) is 2.58. The minimum atomic E-state index is -0.820. The summed E-state index contributed by atoms with van der Waals surface area (Å²) in [4.78, 5) is 12.5. The zero-order chi connectivity index (χ0) is 9.84. The minimum Gasteiger partial charge on any atom is -0.480 e. The van der Waals surface area contributed by atoms with Crippen LogP contribution in [0.3, 0.4) is 0 Å². The summed E-state index contributed by atoms with van der Waals surface area (Å²) in [6.45, 7) is 1.66. The van der Waals surface area contributed by atoms with Crippen LogP contribution in [0.25, 0.3) is 0 Å². The van der Waals surface area contributed by atoms with Crippen LogP contribution in [0.15, 0.2) is 0 Å². The van der Waals surface area contributed by atoms with E-state index in [4.69, 9.17) is 6.48 Å². The van der Waals surface area contributed by atoms with Crippen molar-refractivity contribution in [2.24, 2.45) is 0 Å². The van der Waals surface area contributed by atoms with Crippen LogP contribution in [-0.2, 0) is 4.79 Å². The SMILES string of the molecule is [2H]CN(C1CCCC1)[C@@H](C)C(=O)O. The maximum atomic E-state index is 10.7. The van der Waals surface area contributed by atoms with Crippen molar-refractivity contribution in [2.75, 3.05) is 7.02 Å². The van der Waals surface area contributed by atoms with E-state index in [2.05, 4.69) is 0 Å². The van der Waals surface area contributed by atoms with Gasteiger partial charge in [-0.15, -0.1) is 0 Å². The molecule has 0 heterocycles. The van der Waals surface area contributed by atoms with E-state index < -0.39 is 12.0 Å². The number of carboxylic acid groups (broad SMARTS) is 1. The first kappa shape index (κ1) is 8.05. The maximum Gasteiger partial charge on any atom is 0.320 e. The Labute approximate surface area is 74.8 Å². The van der Waals surface area contributed by atoms with E-state index in [0.29, 0.717) is 6.04 Å². The van der Waals surface area contributed by atoms with E-state index in [1.54, 1.807) is 11.8 Å². The van der Waals surface area contributed by atoms with Crippen molar-refractivity contribution in [3.05, 3.63) is 0 Å². The first-order valence-electron chi connectivity index (χ1n) is 5.15. The first-order chi connectivity index (χ1) is 6.16. The van der Waals surface area contributed by atoms with Gasteiger partial charge in [-0.25, -0.2) is 0 Å². The highest BCUT2D eigenvalue weighted by atomic mass is 16.4. The van der Waals surface area contributed by atoms with E-state index in [9.17, 15) is 4.79 Å². The maximum absolute atomic E-state index is 10.7. The standard InChI is InChI=1S/C9H17NO2/c1-7(9(11)12)10(2)8-5-3-4-6-8/h7-8H,3-6H2,1-2H3,(H,11,12)/t7-/m0/s1/i2D. The number of hydrogen-bond acceptors (Lipinski definition) is 2. The Kier molecular flexibility index (Phi) is 2.61. The van der Waals surface area contributed by atoms with Crippen molar-refractivity contribution in [1.29, 1.82) is 0 Å². The molecule has 0 aromatic rings. The van der Waals surface area contributed by atoms with Gasteiger partial charge in [-0.1, -0.05) is 12.8 Å². The molecule has 0 spiro atoms. The molecule has 70 valence electrons. The van der Waals surface area contributed by atoms with Crippen molar-refractivity contribution < 1.29 is 11.3 Å². The topological polar surface area (TPSA) is 40.5 Å². The molecule has 0 aliphatic heterocycles. The summed E-state index contributed by atoms with van der Waals surface area (Å²) in [5, 5.41) is 8.82. The third-order valence-electron chi connectivity index (χ3n) is 2.65. The van der Waals surface area contributed by atoms with Crippen LogP contribution >= 0.6 is 0 Å². The number of rotatable bonds is 3. The van der Waals surface area contributed by atoms with Crippen molar-refractivity contribution in [2.45, 2.75) is 44.7 Å². The van der Waals surface area contributed by atoms with Crippen LogP contribution < -0.4 is 0 Å². The van der Waals surface area contributed by atoms with E-state index in [-0.39, 0.29) is 7.02 Å². The van der Waals surface area contributed by atoms with Crippen molar-refractivity contribution >= 4 is 5.97 Å². The molecule has 3 heteroatoms. The second kappa shape index (κ2) is 3.90. The van der Waals surface area contributed by atoms with Gasteiger partial charge in [-0.2, -0.15) is 0 Å². The lowest BCUT2D eigenvalue weighted by atomic mass is 10.2. The molecular weight excluding hydrogens is 154 g/mol. The molecule has 1 aliphatic carbocycles. The molecule has 0 unspecified atom stereocenters. The molecule has 0 aromatic carbocycles. The Balaban J connectivity index is 2.54. The zero-order valence-electron chi connectivity index (χ0n) is 8.49. The fourth-order valence-electron chi connectivity index (χ4n) is 1.69. The highest BCUT2D eigenvalue weighted by Crippen LogP contribution is 2.23. The quantitative estimate of drug-likeness (QED) is 0.698. The Morgan fingerprint density at radius 2 is 2.25 bits per heavy atom. The van der Waals surface area contributed by atoms with E-state index in [1.807, 2.05) is 0 Å². The van der Waals surface area contributed by atoms with Crippen LogP contribution in [-0.4, -0.2) is 35.1 Å². The third kappa shape index (κ3) is 1.97. The van der Waals surface area contributed by atoms with Crippen LogP contribution in [0.4, 0.5) is 0 Å². The Hall–Kier alpha value is -0.570. The number of nitrogens with zero attached hydrogens (tertiary/aromatic N) is 1. The van der Waals surface area contributed by atoms with E-state index in [1.165, 1.54) is 12.8 Å². The predicted molar refractivity (Wildman–Crippen MR) is 47.1 cm³/mol. The third-order valence-corrected chi connectivity index (χ3v) is 2.65. The van der Waals surface area contributed by atoms with Crippen molar-refractivity contribution in [3.8, 4) is 0 Å². The fourth-order valence-corrected chi connectivity index (χ4v) is 1.69. The van der Waals surface area contributed by atoms with Crippen LogP contribution in [0.1, 0.15) is 34.0 Å². The van der Waals surface area contributed by atoms with Gasteiger partial charge in [0.15, 0.2) is 0 Å². The summed E-state index contributed by atoms with van der Waals surface area (Å²) in [6, 6.07) is -0.191. The summed E-state index contributed by atoms with van der Waals surface area (Å²) in [5.41, 5.74) is 0. The largest absolute Gasteiger partial charge is 0.480 e. The van der Waals surface area contributed by atoms with Gasteiger partial charge in [0.1, 0.15) is 6.04 Å². The van der Waals surface area contributed by atoms with Crippen molar-refractivity contribution in [1.82, 2.24) is 4.90 Å². The van der Waals surface area contributed by atoms with E-state index >= 15 is 0 Å². The molecule has 0 amide bonds. The summed E-state index contributed by atoms with van der Waals surface area (Å²) in [5.74, 6) is -0.820. The highest BCUT2D eigenvalue weighted by molar-refractivity contribution is 5.72. The van der Waals surface area contributed by atoms with E-state index in [0.717, 1.165) is 12.8 Å². The van der Waals surface area contributed by atoms with Crippen LogP contribution in [0.5, 0.6) is 0 Å². The molecule has 1 atom stereocenters. The predicted octanol–water partition coefficient (Wildman–Crippen LogP) is 1.33. The molecule has 0 aromatic heterocycles. The zero-order valence-corrected chi connectivity index (χ0v) is 7.49. The second-order valence-electron chi connectivity index (χ2n) is 3.47. The Bertz CT molecular complexity index is 180. The minimum absolute atomic E-state index is 0.0954. The smallest absolute Gasteiger partial charge is 0.320 e. The number of likely N-dealkylation sites (N-methyl/N-ethyl adjacent to an activating group) is 1. The summed E-state index contributed by atoms with van der Waals surface area (Å²) >= 11 is 0. The number of carboxylic acids is 1. The lowest BCUT2D eigenvalue weighted by Crippen LogP contribution is -2.41. The lowest BCUT2D eigenvalue weighted by Gasteiger charge is -2.27. The Morgan fingerprint density at radius 3 is 2.67 bits per heavy atom. The second-order valence-corrected chi connectivity index (χ2v) is 3.47. The van der Waals surface area contributed by atoms with Gasteiger partial charge < -0.3 is 5.11 Å². The van der Waals surface area contributed by atoms with Gasteiger partial charge in [0, 0.05) is 7.41 Å². The molecule has 3 nitrogen and oxygen atoms in total. The van der Waals surface area contributed by atoms with Crippen LogP contribution in [0.2, 0.25) is 0 Å². The summed E-state index contributed by atoms with van der Waals surface area (Å²) < 4.78 is 7.31. The fraction of sp³-hybridized carbons (Fsp3) is 0.889. The molecule has 1 rings (SSSR count). The monoisotopic (exact) mass is 172 g/mol. The summed E-state index contributed by atoms with van der Waals surface area (Å²) in [7, 11) is 0.0954. The highest BCUT2D eigenvalue weighted by Gasteiger charge is 2.26. The summed E-state index contributed by atoms with van der Waals surface area (Å²) in [6.07, 6.45) is 4.45. The average molecular weight is 172 g/mol. The van der Waals surface area contributed by atoms with Gasteiger partial charge in [0.25, 0.3) is 0 Å². The Morgan fingerprint density at radius 1 is 1.67 bits per heavy atom. The van der Waals surface area contributed by atoms with Gasteiger partial charge in [0.2, 0.25) is 0 Å². The molecule has 1 saturated carbocycles. The molecule has 0 radical (unpaired) electrons. The first-order valence-corrected chi connectivity index (χ1v) is 4.44. The lowest BCUT2D eigenvalue weighted by molar-refractivity contribution is -0.142. The number of carbonyl (C=O) groups is 1. The molecule has 1 aliphatic rings. The normalized spacial score (nSPS) is 22.7. The molecule has 1 N–H and O–H groups in total. The molecule has 0 bridgehead atoms. The van der Waals surface area contributed by atoms with Gasteiger partial charge >= 0.3 is 5.97 Å². The molecule has 0 saturated heterocycles. The number of hydrogen-bond donors (Lipinski definition) is 1. The molecule has 1 fully saturated rings. The number of aliphatic carboxylic acids is 1.